The second kappa shape index (κ2) is 12.4. The van der Waals surface area contributed by atoms with Crippen molar-refractivity contribution in [2.75, 3.05) is 44.7 Å². The molecular formula is C29H36BrClF2N6O4. The Morgan fingerprint density at radius 2 is 1.98 bits per heavy atom. The van der Waals surface area contributed by atoms with E-state index < -0.39 is 42.6 Å². The van der Waals surface area contributed by atoms with Crippen LogP contribution in [0.5, 0.6) is 11.8 Å². The minimum Gasteiger partial charge on any atom is -0.486 e. The minimum atomic E-state index is -2.77. The molecule has 3 aliphatic rings. The number of rotatable bonds is 7. The van der Waals surface area contributed by atoms with Gasteiger partial charge in [-0.2, -0.15) is 15.2 Å². The number of ether oxygens (including phenoxy) is 3. The van der Waals surface area contributed by atoms with Gasteiger partial charge in [0.1, 0.15) is 29.6 Å². The van der Waals surface area contributed by atoms with Gasteiger partial charge >= 0.3 is 12.1 Å². The first kappa shape index (κ1) is 31.7. The highest BCUT2D eigenvalue weighted by Gasteiger charge is 2.47. The Morgan fingerprint density at radius 3 is 2.60 bits per heavy atom. The number of alkyl halides is 2. The molecule has 234 valence electrons. The predicted molar refractivity (Wildman–Crippen MR) is 161 cm³/mol. The van der Waals surface area contributed by atoms with Crippen LogP contribution in [0, 0.1) is 11.3 Å². The van der Waals surface area contributed by atoms with Gasteiger partial charge in [0.25, 0.3) is 5.92 Å². The van der Waals surface area contributed by atoms with Crippen molar-refractivity contribution in [1.29, 1.82) is 5.26 Å². The van der Waals surface area contributed by atoms with Crippen LogP contribution in [0.25, 0.3) is 10.9 Å². The topological polar surface area (TPSA) is 104 Å². The molecule has 0 radical (unpaired) electrons. The number of anilines is 1. The van der Waals surface area contributed by atoms with Gasteiger partial charge in [-0.1, -0.05) is 11.6 Å². The summed E-state index contributed by atoms with van der Waals surface area (Å²) in [6.45, 7) is 7.72. The first-order valence-electron chi connectivity index (χ1n) is 14.4. The second-order valence-electron chi connectivity index (χ2n) is 12.5. The van der Waals surface area contributed by atoms with E-state index in [-0.39, 0.29) is 24.2 Å². The third-order valence-corrected chi connectivity index (χ3v) is 9.26. The minimum absolute atomic E-state index is 0.0900. The second-order valence-corrected chi connectivity index (χ2v) is 13.7. The summed E-state index contributed by atoms with van der Waals surface area (Å²) in [5.41, 5.74) is -0.309. The van der Waals surface area contributed by atoms with Gasteiger partial charge in [0.05, 0.1) is 28.0 Å². The molecule has 1 aliphatic carbocycles. The lowest BCUT2D eigenvalue weighted by atomic mass is 9.91. The Hall–Kier alpha value is -2.69. The molecule has 1 saturated carbocycles. The van der Waals surface area contributed by atoms with Crippen LogP contribution in [0.2, 0.25) is 5.02 Å². The molecule has 0 unspecified atom stereocenters. The van der Waals surface area contributed by atoms with Crippen LogP contribution in [0.1, 0.15) is 52.9 Å². The number of hydrogen-bond donors (Lipinski definition) is 0. The molecule has 3 heterocycles. The molecule has 2 saturated heterocycles. The van der Waals surface area contributed by atoms with E-state index in [0.29, 0.717) is 52.5 Å². The van der Waals surface area contributed by atoms with E-state index in [1.807, 2.05) is 11.9 Å². The molecule has 14 heteroatoms. The third kappa shape index (κ3) is 7.18. The summed E-state index contributed by atoms with van der Waals surface area (Å²) in [6, 6.07) is 3.75. The predicted octanol–water partition coefficient (Wildman–Crippen LogP) is 6.03. The van der Waals surface area contributed by atoms with Gasteiger partial charge in [0.15, 0.2) is 5.75 Å². The Kier molecular flexibility index (Phi) is 9.12. The molecular weight excluding hydrogens is 650 g/mol. The van der Waals surface area contributed by atoms with E-state index in [4.69, 9.17) is 30.8 Å². The number of likely N-dealkylation sites (tertiary alicyclic amines) is 1. The first-order valence-corrected chi connectivity index (χ1v) is 15.6. The Balaban J connectivity index is 1.52. The number of amides is 1. The number of piperazine rings is 1. The third-order valence-electron chi connectivity index (χ3n) is 7.95. The number of carbonyl (C=O) groups is 1. The number of carbonyl (C=O) groups excluding carboxylic acids is 1. The molecule has 10 nitrogen and oxygen atoms in total. The molecule has 2 aromatic rings. The quantitative estimate of drug-likeness (QED) is 0.345. The largest absolute Gasteiger partial charge is 0.486 e. The number of fused-ring (bicyclic) bond motifs is 1. The van der Waals surface area contributed by atoms with Gasteiger partial charge in [-0.25, -0.2) is 13.6 Å². The Labute approximate surface area is 263 Å². The maximum Gasteiger partial charge on any atom is 0.410 e. The van der Waals surface area contributed by atoms with Gasteiger partial charge in [-0.05, 0) is 69.2 Å². The highest BCUT2D eigenvalue weighted by molar-refractivity contribution is 9.10. The molecule has 1 aromatic heterocycles. The molecule has 0 spiro atoms. The summed E-state index contributed by atoms with van der Waals surface area (Å²) < 4.78 is 45.6. The van der Waals surface area contributed by atoms with Crippen LogP contribution in [0.15, 0.2) is 10.5 Å². The monoisotopic (exact) mass is 684 g/mol. The van der Waals surface area contributed by atoms with Crippen molar-refractivity contribution in [2.24, 2.45) is 0 Å². The lowest BCUT2D eigenvalue weighted by Gasteiger charge is -2.41. The summed E-state index contributed by atoms with van der Waals surface area (Å²) in [5, 5.41) is 10.4. The summed E-state index contributed by atoms with van der Waals surface area (Å²) in [7, 11) is 2.05. The first-order chi connectivity index (χ1) is 20.2. The molecule has 1 amide bonds. The summed E-state index contributed by atoms with van der Waals surface area (Å²) in [4.78, 5) is 28.2. The molecule has 0 bridgehead atoms. The molecule has 0 N–H and O–H groups in total. The van der Waals surface area contributed by atoms with E-state index in [2.05, 4.69) is 31.9 Å². The van der Waals surface area contributed by atoms with Gasteiger partial charge < -0.3 is 28.9 Å². The zero-order valence-corrected chi connectivity index (χ0v) is 27.1. The smallest absolute Gasteiger partial charge is 0.410 e. The van der Waals surface area contributed by atoms with Gasteiger partial charge in [-0.3, -0.25) is 0 Å². The Bertz CT molecular complexity index is 1410. The molecule has 5 rings (SSSR count). The Morgan fingerprint density at radius 1 is 1.23 bits per heavy atom. The zero-order valence-electron chi connectivity index (χ0n) is 24.7. The van der Waals surface area contributed by atoms with E-state index >= 15 is 0 Å². The number of nitriles is 1. The fourth-order valence-electron chi connectivity index (χ4n) is 5.66. The number of aromatic nitrogens is 2. The van der Waals surface area contributed by atoms with Gasteiger partial charge in [0, 0.05) is 43.9 Å². The normalized spacial score (nSPS) is 22.8. The summed E-state index contributed by atoms with van der Waals surface area (Å²) >= 11 is 10.1. The highest BCUT2D eigenvalue weighted by Crippen LogP contribution is 2.46. The fraction of sp³-hybridized carbons (Fsp3) is 0.655. The van der Waals surface area contributed by atoms with Gasteiger partial charge in [-0.15, -0.1) is 0 Å². The molecule has 2 aliphatic heterocycles. The van der Waals surface area contributed by atoms with Crippen molar-refractivity contribution < 1.29 is 27.8 Å². The van der Waals surface area contributed by atoms with Crippen LogP contribution < -0.4 is 14.4 Å². The van der Waals surface area contributed by atoms with E-state index in [1.165, 1.54) is 0 Å². The lowest BCUT2D eigenvalue weighted by molar-refractivity contribution is -0.134. The number of likely N-dealkylation sites (N-methyl/N-ethyl adjacent to an activating group) is 1. The molecule has 1 aromatic carbocycles. The highest BCUT2D eigenvalue weighted by atomic mass is 79.9. The fourth-order valence-corrected chi connectivity index (χ4v) is 6.26. The average molecular weight is 686 g/mol. The maximum atomic E-state index is 13.7. The van der Waals surface area contributed by atoms with Crippen LogP contribution in [-0.4, -0.2) is 95.4 Å². The lowest BCUT2D eigenvalue weighted by Crippen LogP contribution is -2.56. The van der Waals surface area contributed by atoms with Crippen molar-refractivity contribution in [3.63, 3.8) is 0 Å². The van der Waals surface area contributed by atoms with Crippen LogP contribution in [0.3, 0.4) is 0 Å². The van der Waals surface area contributed by atoms with Crippen molar-refractivity contribution in [2.45, 2.75) is 82.6 Å². The van der Waals surface area contributed by atoms with Crippen molar-refractivity contribution in [1.82, 2.24) is 19.8 Å². The number of halogens is 4. The van der Waals surface area contributed by atoms with Crippen molar-refractivity contribution in [3.05, 3.63) is 15.6 Å². The van der Waals surface area contributed by atoms with Crippen LogP contribution >= 0.6 is 27.5 Å². The van der Waals surface area contributed by atoms with E-state index in [1.54, 1.807) is 31.7 Å². The van der Waals surface area contributed by atoms with Crippen molar-refractivity contribution >= 4 is 50.3 Å². The van der Waals surface area contributed by atoms with Crippen LogP contribution in [-0.2, 0) is 4.74 Å². The molecule has 2 atom stereocenters. The maximum absolute atomic E-state index is 13.7. The van der Waals surface area contributed by atoms with Crippen LogP contribution in [0.4, 0.5) is 19.4 Å². The summed E-state index contributed by atoms with van der Waals surface area (Å²) in [5.74, 6) is -2.03. The number of hydrogen-bond acceptors (Lipinski definition) is 9. The standard InChI is InChI=1S/C29H36BrClF2N6O4/c1-28(2,3)43-27(40)39-11-10-38(15-17(39)7-8-34)25-20-12-21(31)22(30)24(42-19-13-29(32,33)14-19)23(20)35-26(36-25)41-16-18-6-5-9-37(18)4/h12,17-19H,5-7,9-11,13-16H2,1-4H3/t17-,18-/m0/s1. The average Bonchev–Trinajstić information content (AvgIpc) is 3.32. The van der Waals surface area contributed by atoms with E-state index in [0.717, 1.165) is 19.4 Å². The number of benzene rings is 1. The van der Waals surface area contributed by atoms with Crippen molar-refractivity contribution in [3.8, 4) is 17.8 Å². The van der Waals surface area contributed by atoms with E-state index in [9.17, 15) is 18.8 Å². The summed E-state index contributed by atoms with van der Waals surface area (Å²) in [6.07, 6.45) is 0.185. The molecule has 43 heavy (non-hydrogen) atoms. The molecule has 3 fully saturated rings. The SMILES string of the molecule is CN1CCC[C@H]1COc1nc(N2CCN(C(=O)OC(C)(C)C)[C@@H](CC#N)C2)c2cc(Cl)c(Br)c(OC3CC(F)(F)C3)c2n1. The number of nitrogens with zero attached hydrogens (tertiary/aromatic N) is 6. The zero-order chi connectivity index (χ0) is 31.1. The van der Waals surface area contributed by atoms with Gasteiger partial charge in [0.2, 0.25) is 0 Å².